The third-order valence-corrected chi connectivity index (χ3v) is 4.10. The highest BCUT2D eigenvalue weighted by molar-refractivity contribution is 5.55. The van der Waals surface area contributed by atoms with Crippen LogP contribution in [0.25, 0.3) is 11.4 Å². The standard InChI is InChI=1S/C16H17N5O/c1-2-5-12(6-3-1)15-18-16(22-20-15)21-10-4-7-13(11-21)14-8-9-17-19-14/h1-3,5-6,8-9,13H,4,7,10-11H2,(H,17,19)/t13-/m1/s1. The number of piperidine rings is 1. The van der Waals surface area contributed by atoms with Gasteiger partial charge in [0.15, 0.2) is 0 Å². The third-order valence-electron chi connectivity index (χ3n) is 4.10. The van der Waals surface area contributed by atoms with Crippen LogP contribution in [0.3, 0.4) is 0 Å². The molecule has 0 unspecified atom stereocenters. The summed E-state index contributed by atoms with van der Waals surface area (Å²) in [6.07, 6.45) is 4.06. The van der Waals surface area contributed by atoms with Gasteiger partial charge in [0.2, 0.25) is 5.82 Å². The molecule has 1 N–H and O–H groups in total. The fourth-order valence-electron chi connectivity index (χ4n) is 2.95. The molecule has 1 aliphatic rings. The van der Waals surface area contributed by atoms with Gasteiger partial charge in [-0.05, 0) is 18.9 Å². The Balaban J connectivity index is 1.53. The number of rotatable bonds is 3. The molecule has 1 fully saturated rings. The SMILES string of the molecule is c1ccc(-c2noc(N3CCC[C@@H](c4ccn[nH]4)C3)n2)cc1. The minimum atomic E-state index is 0.434. The lowest BCUT2D eigenvalue weighted by Gasteiger charge is -2.30. The van der Waals surface area contributed by atoms with Gasteiger partial charge in [0.25, 0.3) is 0 Å². The van der Waals surface area contributed by atoms with E-state index in [1.165, 1.54) is 5.69 Å². The summed E-state index contributed by atoms with van der Waals surface area (Å²) in [7, 11) is 0. The van der Waals surface area contributed by atoms with Crippen molar-refractivity contribution in [3.8, 4) is 11.4 Å². The molecule has 0 aliphatic carbocycles. The molecular formula is C16H17N5O. The Morgan fingerprint density at radius 2 is 2.09 bits per heavy atom. The highest BCUT2D eigenvalue weighted by atomic mass is 16.5. The Morgan fingerprint density at radius 3 is 2.91 bits per heavy atom. The second kappa shape index (κ2) is 5.63. The lowest BCUT2D eigenvalue weighted by atomic mass is 9.95. The molecule has 0 saturated carbocycles. The molecule has 3 aromatic rings. The summed E-state index contributed by atoms with van der Waals surface area (Å²) in [5.74, 6) is 1.07. The first-order chi connectivity index (χ1) is 10.9. The third kappa shape index (κ3) is 2.47. The fraction of sp³-hybridized carbons (Fsp3) is 0.312. The van der Waals surface area contributed by atoms with E-state index in [9.17, 15) is 0 Å². The van der Waals surface area contributed by atoms with E-state index in [0.29, 0.717) is 17.8 Å². The van der Waals surface area contributed by atoms with E-state index in [-0.39, 0.29) is 0 Å². The molecule has 0 amide bonds. The maximum absolute atomic E-state index is 5.46. The van der Waals surface area contributed by atoms with Crippen LogP contribution in [0, 0.1) is 0 Å². The van der Waals surface area contributed by atoms with Crippen LogP contribution in [-0.4, -0.2) is 33.4 Å². The Labute approximate surface area is 128 Å². The van der Waals surface area contributed by atoms with Gasteiger partial charge in [-0.25, -0.2) is 0 Å². The van der Waals surface area contributed by atoms with Crippen molar-refractivity contribution in [1.82, 2.24) is 20.3 Å². The molecule has 0 spiro atoms. The average molecular weight is 295 g/mol. The van der Waals surface area contributed by atoms with Gasteiger partial charge in [-0.3, -0.25) is 5.10 Å². The Bertz CT molecular complexity index is 722. The van der Waals surface area contributed by atoms with Gasteiger partial charge in [-0.2, -0.15) is 10.1 Å². The van der Waals surface area contributed by atoms with Gasteiger partial charge in [-0.1, -0.05) is 35.5 Å². The fourth-order valence-corrected chi connectivity index (χ4v) is 2.95. The number of hydrogen-bond acceptors (Lipinski definition) is 5. The molecule has 3 heterocycles. The van der Waals surface area contributed by atoms with E-state index in [0.717, 1.165) is 31.5 Å². The summed E-state index contributed by atoms with van der Waals surface area (Å²) in [4.78, 5) is 6.70. The highest BCUT2D eigenvalue weighted by Gasteiger charge is 2.25. The maximum Gasteiger partial charge on any atom is 0.324 e. The quantitative estimate of drug-likeness (QED) is 0.804. The topological polar surface area (TPSA) is 70.8 Å². The molecule has 22 heavy (non-hydrogen) atoms. The van der Waals surface area contributed by atoms with E-state index in [1.807, 2.05) is 36.4 Å². The molecule has 6 heteroatoms. The van der Waals surface area contributed by atoms with E-state index in [2.05, 4.69) is 25.2 Å². The highest BCUT2D eigenvalue weighted by Crippen LogP contribution is 2.29. The first kappa shape index (κ1) is 13.1. The largest absolute Gasteiger partial charge is 0.324 e. The van der Waals surface area contributed by atoms with Gasteiger partial charge in [0.05, 0.1) is 0 Å². The molecule has 4 rings (SSSR count). The van der Waals surface area contributed by atoms with Crippen LogP contribution < -0.4 is 4.90 Å². The number of aromatic nitrogens is 4. The number of nitrogens with one attached hydrogen (secondary N) is 1. The van der Waals surface area contributed by atoms with Gasteiger partial charge in [0, 0.05) is 36.5 Å². The zero-order chi connectivity index (χ0) is 14.8. The maximum atomic E-state index is 5.46. The van der Waals surface area contributed by atoms with Crippen molar-refractivity contribution >= 4 is 6.01 Å². The molecule has 1 aliphatic heterocycles. The van der Waals surface area contributed by atoms with Crippen molar-refractivity contribution < 1.29 is 4.52 Å². The number of H-pyrrole nitrogens is 1. The van der Waals surface area contributed by atoms with Crippen molar-refractivity contribution in [3.05, 3.63) is 48.3 Å². The van der Waals surface area contributed by atoms with Crippen LogP contribution in [0.1, 0.15) is 24.5 Å². The monoisotopic (exact) mass is 295 g/mol. The number of anilines is 1. The van der Waals surface area contributed by atoms with Gasteiger partial charge in [0.1, 0.15) is 0 Å². The Kier molecular flexibility index (Phi) is 3.34. The first-order valence-corrected chi connectivity index (χ1v) is 7.53. The molecule has 1 atom stereocenters. The van der Waals surface area contributed by atoms with Crippen LogP contribution in [0.4, 0.5) is 6.01 Å². The number of nitrogens with zero attached hydrogens (tertiary/aromatic N) is 4. The molecule has 6 nitrogen and oxygen atoms in total. The van der Waals surface area contributed by atoms with Crippen molar-refractivity contribution in [2.75, 3.05) is 18.0 Å². The lowest BCUT2D eigenvalue weighted by Crippen LogP contribution is -2.34. The van der Waals surface area contributed by atoms with E-state index in [1.54, 1.807) is 6.20 Å². The number of aromatic amines is 1. The van der Waals surface area contributed by atoms with Crippen LogP contribution >= 0.6 is 0 Å². The molecule has 1 aromatic carbocycles. The molecule has 1 saturated heterocycles. The summed E-state index contributed by atoms with van der Waals surface area (Å²) >= 11 is 0. The van der Waals surface area contributed by atoms with Crippen LogP contribution in [0.5, 0.6) is 0 Å². The predicted octanol–water partition coefficient (Wildman–Crippen LogP) is 2.84. The summed E-state index contributed by atoms with van der Waals surface area (Å²) < 4.78 is 5.46. The molecular weight excluding hydrogens is 278 g/mol. The van der Waals surface area contributed by atoms with Crippen molar-refractivity contribution in [2.24, 2.45) is 0 Å². The summed E-state index contributed by atoms with van der Waals surface area (Å²) in [6, 6.07) is 12.5. The number of benzene rings is 1. The molecule has 0 bridgehead atoms. The smallest absolute Gasteiger partial charge is 0.324 e. The normalized spacial score (nSPS) is 18.5. The van der Waals surface area contributed by atoms with Crippen molar-refractivity contribution in [2.45, 2.75) is 18.8 Å². The summed E-state index contributed by atoms with van der Waals surface area (Å²) in [5, 5.41) is 11.2. The molecule has 112 valence electrons. The average Bonchev–Trinajstić information content (AvgIpc) is 3.28. The Morgan fingerprint density at radius 1 is 1.18 bits per heavy atom. The number of hydrogen-bond donors (Lipinski definition) is 1. The van der Waals surface area contributed by atoms with Crippen molar-refractivity contribution in [3.63, 3.8) is 0 Å². The van der Waals surface area contributed by atoms with Crippen molar-refractivity contribution in [1.29, 1.82) is 0 Å². The molecule has 0 radical (unpaired) electrons. The molecule has 2 aromatic heterocycles. The van der Waals surface area contributed by atoms with Crippen LogP contribution in [0.15, 0.2) is 47.1 Å². The zero-order valence-electron chi connectivity index (χ0n) is 12.1. The lowest BCUT2D eigenvalue weighted by molar-refractivity contribution is 0.392. The van der Waals surface area contributed by atoms with Crippen LogP contribution in [0.2, 0.25) is 0 Å². The van der Waals surface area contributed by atoms with Gasteiger partial charge >= 0.3 is 6.01 Å². The van der Waals surface area contributed by atoms with Gasteiger partial charge in [-0.15, -0.1) is 0 Å². The summed E-state index contributed by atoms with van der Waals surface area (Å²) in [5.41, 5.74) is 2.15. The minimum Gasteiger partial charge on any atom is -0.324 e. The van der Waals surface area contributed by atoms with Gasteiger partial charge < -0.3 is 9.42 Å². The minimum absolute atomic E-state index is 0.434. The Hall–Kier alpha value is -2.63. The second-order valence-corrected chi connectivity index (χ2v) is 5.56. The predicted molar refractivity (Wildman–Crippen MR) is 82.5 cm³/mol. The van der Waals surface area contributed by atoms with E-state index in [4.69, 9.17) is 4.52 Å². The summed E-state index contributed by atoms with van der Waals surface area (Å²) in [6.45, 7) is 1.82. The first-order valence-electron chi connectivity index (χ1n) is 7.53. The van der Waals surface area contributed by atoms with Crippen LogP contribution in [-0.2, 0) is 0 Å². The zero-order valence-corrected chi connectivity index (χ0v) is 12.1. The van der Waals surface area contributed by atoms with E-state index < -0.39 is 0 Å². The van der Waals surface area contributed by atoms with E-state index >= 15 is 0 Å². The second-order valence-electron chi connectivity index (χ2n) is 5.56.